The Morgan fingerprint density at radius 1 is 0.489 bits per heavy atom. The maximum atomic E-state index is 6.72. The summed E-state index contributed by atoms with van der Waals surface area (Å²) in [6.45, 7) is 4.52. The number of aromatic nitrogens is 4. The molecule has 0 saturated carbocycles. The van der Waals surface area contributed by atoms with Gasteiger partial charge in [-0.1, -0.05) is 105 Å². The molecule has 2 aliphatic rings. The lowest BCUT2D eigenvalue weighted by molar-refractivity contribution is 0.361. The molecule has 6 heteroatoms. The van der Waals surface area contributed by atoms with E-state index in [9.17, 15) is 0 Å². The minimum absolute atomic E-state index is 0.143. The van der Waals surface area contributed by atoms with E-state index < -0.39 is 0 Å². The fourth-order valence-electron chi connectivity index (χ4n) is 6.72. The number of pyridine rings is 1. The zero-order valence-corrected chi connectivity index (χ0v) is 25.8. The van der Waals surface area contributed by atoms with Crippen molar-refractivity contribution < 1.29 is 9.47 Å². The molecule has 1 aliphatic carbocycles. The van der Waals surface area contributed by atoms with Gasteiger partial charge >= 0.3 is 0 Å². The van der Waals surface area contributed by atoms with Crippen molar-refractivity contribution in [3.63, 3.8) is 0 Å². The van der Waals surface area contributed by atoms with Gasteiger partial charge in [0.2, 0.25) is 0 Å². The third-order valence-electron chi connectivity index (χ3n) is 9.06. The van der Waals surface area contributed by atoms with Crippen LogP contribution in [0.4, 0.5) is 0 Å². The minimum atomic E-state index is -0.143. The molecular formula is C41H28N4O2. The Bertz CT molecular complexity index is 2340. The van der Waals surface area contributed by atoms with Crippen LogP contribution in [0.3, 0.4) is 0 Å². The predicted octanol–water partition coefficient (Wildman–Crippen LogP) is 10.1. The summed E-state index contributed by atoms with van der Waals surface area (Å²) in [5.41, 5.74) is 8.95. The molecule has 0 radical (unpaired) electrons. The highest BCUT2D eigenvalue weighted by atomic mass is 16.6. The first-order valence-electron chi connectivity index (χ1n) is 15.6. The normalized spacial score (nSPS) is 13.4. The van der Waals surface area contributed by atoms with Crippen molar-refractivity contribution in [2.45, 2.75) is 19.3 Å². The monoisotopic (exact) mass is 608 g/mol. The van der Waals surface area contributed by atoms with E-state index in [-0.39, 0.29) is 5.41 Å². The fraction of sp³-hybridized carbons (Fsp3) is 0.0732. The van der Waals surface area contributed by atoms with Crippen molar-refractivity contribution in [3.05, 3.63) is 145 Å². The second kappa shape index (κ2) is 10.5. The topological polar surface area (TPSA) is 70.0 Å². The molecule has 6 nitrogen and oxygen atoms in total. The van der Waals surface area contributed by atoms with Gasteiger partial charge in [-0.3, -0.25) is 4.98 Å². The van der Waals surface area contributed by atoms with Gasteiger partial charge in [-0.2, -0.15) is 0 Å². The Balaban J connectivity index is 1.18. The van der Waals surface area contributed by atoms with Gasteiger partial charge in [0.15, 0.2) is 40.5 Å². The molecule has 0 saturated heterocycles. The molecule has 0 atom stereocenters. The Morgan fingerprint density at radius 3 is 2.00 bits per heavy atom. The van der Waals surface area contributed by atoms with E-state index in [0.29, 0.717) is 34.7 Å². The van der Waals surface area contributed by atoms with E-state index in [1.165, 1.54) is 16.7 Å². The summed E-state index contributed by atoms with van der Waals surface area (Å²) in [7, 11) is 0. The van der Waals surface area contributed by atoms with Gasteiger partial charge < -0.3 is 9.47 Å². The van der Waals surface area contributed by atoms with Crippen molar-refractivity contribution >= 4 is 0 Å². The molecule has 0 spiro atoms. The SMILES string of the molecule is CC1(C)c2ccccc2-c2c1ccc1c2Oc2cccc(-c3nc(-c4ccccc4)nc(-c4cccc(-c5ccccn5)c4)n3)c2O1. The summed E-state index contributed by atoms with van der Waals surface area (Å²) in [6.07, 6.45) is 1.79. The summed E-state index contributed by atoms with van der Waals surface area (Å²) in [5.74, 6) is 4.20. The second-order valence-electron chi connectivity index (χ2n) is 12.3. The van der Waals surface area contributed by atoms with Crippen molar-refractivity contribution in [3.8, 4) is 79.5 Å². The van der Waals surface area contributed by atoms with E-state index in [1.54, 1.807) is 6.20 Å². The summed E-state index contributed by atoms with van der Waals surface area (Å²) in [6, 6.07) is 42.5. The highest BCUT2D eigenvalue weighted by molar-refractivity contribution is 5.88. The average molecular weight is 609 g/mol. The van der Waals surface area contributed by atoms with Crippen LogP contribution in [-0.2, 0) is 5.41 Å². The first-order valence-corrected chi connectivity index (χ1v) is 15.6. The van der Waals surface area contributed by atoms with E-state index >= 15 is 0 Å². The number of fused-ring (bicyclic) bond motifs is 6. The predicted molar refractivity (Wildman–Crippen MR) is 184 cm³/mol. The lowest BCUT2D eigenvalue weighted by Gasteiger charge is -2.26. The van der Waals surface area contributed by atoms with Crippen molar-refractivity contribution in [1.82, 2.24) is 19.9 Å². The lowest BCUT2D eigenvalue weighted by atomic mass is 9.82. The Kier molecular flexibility index (Phi) is 6.05. The third-order valence-corrected chi connectivity index (χ3v) is 9.06. The lowest BCUT2D eigenvalue weighted by Crippen LogP contribution is -2.15. The Morgan fingerprint density at radius 2 is 1.15 bits per heavy atom. The molecule has 0 bridgehead atoms. The van der Waals surface area contributed by atoms with E-state index in [2.05, 4.69) is 55.2 Å². The summed E-state index contributed by atoms with van der Waals surface area (Å²) in [5, 5.41) is 0. The van der Waals surface area contributed by atoms with Gasteiger partial charge in [0.25, 0.3) is 0 Å². The van der Waals surface area contributed by atoms with Gasteiger partial charge in [0, 0.05) is 33.9 Å². The van der Waals surface area contributed by atoms with Crippen LogP contribution < -0.4 is 9.47 Å². The van der Waals surface area contributed by atoms with Gasteiger partial charge in [-0.25, -0.2) is 15.0 Å². The van der Waals surface area contributed by atoms with Crippen LogP contribution in [0, 0.1) is 0 Å². The molecule has 224 valence electrons. The highest BCUT2D eigenvalue weighted by Gasteiger charge is 2.39. The third kappa shape index (κ3) is 4.41. The number of benzene rings is 5. The number of rotatable bonds is 4. The molecule has 3 heterocycles. The smallest absolute Gasteiger partial charge is 0.181 e. The number of nitrogens with zero attached hydrogens (tertiary/aromatic N) is 4. The molecule has 1 aliphatic heterocycles. The van der Waals surface area contributed by atoms with Crippen molar-refractivity contribution in [2.24, 2.45) is 0 Å². The fourth-order valence-corrected chi connectivity index (χ4v) is 6.72. The first kappa shape index (κ1) is 27.2. The zero-order valence-electron chi connectivity index (χ0n) is 25.8. The molecule has 5 aromatic carbocycles. The van der Waals surface area contributed by atoms with E-state index in [0.717, 1.165) is 39.3 Å². The molecule has 47 heavy (non-hydrogen) atoms. The maximum absolute atomic E-state index is 6.72. The van der Waals surface area contributed by atoms with E-state index in [4.69, 9.17) is 24.4 Å². The second-order valence-corrected chi connectivity index (χ2v) is 12.3. The molecule has 0 unspecified atom stereocenters. The highest BCUT2D eigenvalue weighted by Crippen LogP contribution is 2.59. The number of hydrogen-bond acceptors (Lipinski definition) is 6. The Hall–Kier alpha value is -6.14. The molecular weight excluding hydrogens is 580 g/mol. The number of para-hydroxylation sites is 1. The average Bonchev–Trinajstić information content (AvgIpc) is 3.37. The largest absolute Gasteiger partial charge is 0.449 e. The van der Waals surface area contributed by atoms with Gasteiger partial charge in [-0.15, -0.1) is 0 Å². The molecule has 0 N–H and O–H groups in total. The standard InChI is InChI=1S/C41H28N4O2/c1-41(2)30-18-7-6-16-28(30)35-31(41)21-22-34-37(35)47-33-20-11-17-29(36(33)46-34)40-44-38(25-12-4-3-5-13-25)43-39(45-40)27-15-10-14-26(24-27)32-19-8-9-23-42-32/h3-24H,1-2H3. The van der Waals surface area contributed by atoms with Crippen molar-refractivity contribution in [1.29, 1.82) is 0 Å². The summed E-state index contributed by atoms with van der Waals surface area (Å²) >= 11 is 0. The Labute approximate surface area is 272 Å². The molecule has 0 fully saturated rings. The zero-order chi connectivity index (χ0) is 31.5. The summed E-state index contributed by atoms with van der Waals surface area (Å²) < 4.78 is 13.4. The molecule has 0 amide bonds. The van der Waals surface area contributed by atoms with Crippen LogP contribution in [0.25, 0.3) is 56.5 Å². The number of ether oxygens (including phenoxy) is 2. The van der Waals surface area contributed by atoms with Crippen LogP contribution in [0.15, 0.2) is 134 Å². The molecule has 2 aromatic heterocycles. The molecule has 7 aromatic rings. The first-order chi connectivity index (χ1) is 23.0. The summed E-state index contributed by atoms with van der Waals surface area (Å²) in [4.78, 5) is 19.5. The maximum Gasteiger partial charge on any atom is 0.181 e. The van der Waals surface area contributed by atoms with Crippen LogP contribution in [0.2, 0.25) is 0 Å². The van der Waals surface area contributed by atoms with E-state index in [1.807, 2.05) is 91.0 Å². The van der Waals surface area contributed by atoms with Gasteiger partial charge in [-0.05, 0) is 53.1 Å². The van der Waals surface area contributed by atoms with Crippen LogP contribution in [-0.4, -0.2) is 19.9 Å². The quantitative estimate of drug-likeness (QED) is 0.198. The van der Waals surface area contributed by atoms with Gasteiger partial charge in [0.05, 0.1) is 11.3 Å². The van der Waals surface area contributed by atoms with Crippen LogP contribution in [0.1, 0.15) is 25.0 Å². The van der Waals surface area contributed by atoms with Crippen LogP contribution >= 0.6 is 0 Å². The minimum Gasteiger partial charge on any atom is -0.449 e. The van der Waals surface area contributed by atoms with Crippen LogP contribution in [0.5, 0.6) is 23.0 Å². The van der Waals surface area contributed by atoms with Crippen molar-refractivity contribution in [2.75, 3.05) is 0 Å². The number of hydrogen-bond donors (Lipinski definition) is 0. The van der Waals surface area contributed by atoms with Gasteiger partial charge in [0.1, 0.15) is 0 Å². The molecule has 9 rings (SSSR count).